The molecule has 1 atom stereocenters. The molecule has 1 saturated carbocycles. The maximum absolute atomic E-state index is 14.3. The Morgan fingerprint density at radius 2 is 2.00 bits per heavy atom. The fraction of sp³-hybridized carbons (Fsp3) is 0.421. The van der Waals surface area contributed by atoms with Crippen molar-refractivity contribution in [2.75, 3.05) is 11.3 Å². The quantitative estimate of drug-likeness (QED) is 0.446. The summed E-state index contributed by atoms with van der Waals surface area (Å²) in [5.41, 5.74) is 0.518. The summed E-state index contributed by atoms with van der Waals surface area (Å²) >= 11 is 1.99. The molecule has 7 nitrogen and oxygen atoms in total. The van der Waals surface area contributed by atoms with Crippen LogP contribution in [0.1, 0.15) is 30.5 Å². The molecule has 1 aliphatic rings. The minimum absolute atomic E-state index is 0.0272. The Morgan fingerprint density at radius 3 is 2.59 bits per heavy atom. The highest BCUT2D eigenvalue weighted by Crippen LogP contribution is 2.48. The van der Waals surface area contributed by atoms with E-state index in [-0.39, 0.29) is 24.1 Å². The lowest BCUT2D eigenvalue weighted by molar-refractivity contribution is 0.0858. The van der Waals surface area contributed by atoms with Gasteiger partial charge in [-0.3, -0.25) is 9.52 Å². The summed E-state index contributed by atoms with van der Waals surface area (Å²) in [6.07, 6.45) is -0.446. The van der Waals surface area contributed by atoms with E-state index in [2.05, 4.69) is 4.72 Å². The number of rotatable bonds is 8. The zero-order chi connectivity index (χ0) is 21.4. The van der Waals surface area contributed by atoms with Crippen LogP contribution in [-0.4, -0.2) is 40.7 Å². The lowest BCUT2D eigenvalue weighted by Gasteiger charge is -2.22. The van der Waals surface area contributed by atoms with Gasteiger partial charge in [0, 0.05) is 28.8 Å². The molecule has 0 aliphatic heterocycles. The van der Waals surface area contributed by atoms with E-state index in [1.165, 1.54) is 29.8 Å². The summed E-state index contributed by atoms with van der Waals surface area (Å²) in [5.74, 6) is -0.438. The number of nitrogens with zero attached hydrogens (tertiary/aromatic N) is 1. The van der Waals surface area contributed by atoms with Gasteiger partial charge in [0.15, 0.2) is 0 Å². The van der Waals surface area contributed by atoms with Gasteiger partial charge in [-0.25, -0.2) is 12.8 Å². The van der Waals surface area contributed by atoms with Gasteiger partial charge in [-0.1, -0.05) is 6.07 Å². The smallest absolute Gasteiger partial charge is 0.250 e. The molecular formula is C19H22FIN2O5S. The third-order valence-electron chi connectivity index (χ3n) is 5.25. The van der Waals surface area contributed by atoms with Crippen LogP contribution in [0.3, 0.4) is 0 Å². The molecule has 10 heteroatoms. The largest absolute Gasteiger partial charge is 0.394 e. The summed E-state index contributed by atoms with van der Waals surface area (Å²) in [4.78, 5) is 12.1. The van der Waals surface area contributed by atoms with Crippen LogP contribution in [0.15, 0.2) is 35.1 Å². The van der Waals surface area contributed by atoms with Gasteiger partial charge in [-0.15, -0.1) is 0 Å². The number of pyridine rings is 1. The molecule has 1 fully saturated rings. The topological polar surface area (TPSA) is 109 Å². The van der Waals surface area contributed by atoms with Crippen LogP contribution in [0.2, 0.25) is 0 Å². The van der Waals surface area contributed by atoms with Gasteiger partial charge in [0.2, 0.25) is 10.0 Å². The average molecular weight is 536 g/mol. The van der Waals surface area contributed by atoms with Crippen LogP contribution in [0, 0.1) is 9.39 Å². The maximum Gasteiger partial charge on any atom is 0.250 e. The molecular weight excluding hydrogens is 514 g/mol. The Hall–Kier alpha value is -1.50. The molecule has 0 bridgehead atoms. The number of hydrogen-bond donors (Lipinski definition) is 3. The minimum Gasteiger partial charge on any atom is -0.394 e. The third kappa shape index (κ3) is 4.65. The first-order chi connectivity index (χ1) is 13.6. The number of aliphatic hydroxyl groups is 2. The Kier molecular flexibility index (Phi) is 6.37. The molecule has 2 aromatic rings. The summed E-state index contributed by atoms with van der Waals surface area (Å²) in [7, 11) is -2.40. The Labute approximate surface area is 181 Å². The first kappa shape index (κ1) is 22.2. The predicted molar refractivity (Wildman–Crippen MR) is 116 cm³/mol. The van der Waals surface area contributed by atoms with Crippen molar-refractivity contribution in [3.05, 3.63) is 61.3 Å². The number of nitrogens with one attached hydrogen (secondary N) is 1. The average Bonchev–Trinajstić information content (AvgIpc) is 3.44. The summed E-state index contributed by atoms with van der Waals surface area (Å²) < 4.78 is 43.7. The van der Waals surface area contributed by atoms with Crippen molar-refractivity contribution in [2.24, 2.45) is 7.05 Å². The minimum atomic E-state index is -3.90. The molecule has 0 unspecified atom stereocenters. The number of anilines is 1. The highest BCUT2D eigenvalue weighted by Gasteiger charge is 2.55. The number of hydrogen-bond acceptors (Lipinski definition) is 5. The maximum atomic E-state index is 14.3. The van der Waals surface area contributed by atoms with Crippen molar-refractivity contribution in [3.63, 3.8) is 0 Å². The van der Waals surface area contributed by atoms with Crippen LogP contribution in [0.25, 0.3) is 0 Å². The zero-order valence-corrected chi connectivity index (χ0v) is 18.7. The molecule has 0 radical (unpaired) electrons. The normalized spacial score (nSPS) is 16.4. The van der Waals surface area contributed by atoms with E-state index in [0.717, 1.165) is 3.57 Å². The van der Waals surface area contributed by atoms with Crippen LogP contribution < -0.4 is 10.3 Å². The Balaban J connectivity index is 1.96. The zero-order valence-electron chi connectivity index (χ0n) is 15.7. The van der Waals surface area contributed by atoms with Crippen LogP contribution >= 0.6 is 22.6 Å². The predicted octanol–water partition coefficient (Wildman–Crippen LogP) is 1.74. The van der Waals surface area contributed by atoms with Crippen molar-refractivity contribution in [1.82, 2.24) is 4.57 Å². The number of sulfonamides is 1. The molecule has 3 rings (SSSR count). The van der Waals surface area contributed by atoms with E-state index in [1.807, 2.05) is 22.6 Å². The molecule has 1 aromatic heterocycles. The van der Waals surface area contributed by atoms with Gasteiger partial charge in [-0.05, 0) is 65.6 Å². The van der Waals surface area contributed by atoms with E-state index >= 15 is 0 Å². The fourth-order valence-corrected chi connectivity index (χ4v) is 5.49. The monoisotopic (exact) mass is 536 g/mol. The summed E-state index contributed by atoms with van der Waals surface area (Å²) in [5, 5.41) is 18.8. The molecule has 158 valence electrons. The molecule has 0 amide bonds. The molecule has 3 N–H and O–H groups in total. The van der Waals surface area contributed by atoms with E-state index in [1.54, 1.807) is 12.1 Å². The van der Waals surface area contributed by atoms with Crippen molar-refractivity contribution in [3.8, 4) is 0 Å². The van der Waals surface area contributed by atoms with Crippen LogP contribution in [-0.2, 0) is 23.5 Å². The lowest BCUT2D eigenvalue weighted by atomic mass is 10.1. The fourth-order valence-electron chi connectivity index (χ4n) is 3.30. The number of halogens is 2. The first-order valence-electron chi connectivity index (χ1n) is 9.03. The number of aliphatic hydroxyl groups excluding tert-OH is 2. The molecule has 1 aliphatic carbocycles. The van der Waals surface area contributed by atoms with E-state index < -0.39 is 33.3 Å². The second-order valence-electron chi connectivity index (χ2n) is 7.33. The van der Waals surface area contributed by atoms with Crippen molar-refractivity contribution in [2.45, 2.75) is 36.5 Å². The van der Waals surface area contributed by atoms with E-state index in [9.17, 15) is 22.7 Å². The SMILES string of the molecule is Cn1c(Cc2ccc(I)cc2F)c(NS(=O)(=O)C2(C[C@H](O)CO)CC2)ccc1=O. The van der Waals surface area contributed by atoms with Gasteiger partial charge < -0.3 is 14.8 Å². The second-order valence-corrected chi connectivity index (χ2v) is 10.7. The molecule has 0 saturated heterocycles. The summed E-state index contributed by atoms with van der Waals surface area (Å²) in [6.45, 7) is -0.519. The Bertz CT molecular complexity index is 1080. The lowest BCUT2D eigenvalue weighted by Crippen LogP contribution is -2.35. The van der Waals surface area contributed by atoms with Crippen LogP contribution in [0.4, 0.5) is 10.1 Å². The van der Waals surface area contributed by atoms with Gasteiger partial charge in [0.25, 0.3) is 5.56 Å². The summed E-state index contributed by atoms with van der Waals surface area (Å²) in [6, 6.07) is 7.33. The molecule has 1 heterocycles. The van der Waals surface area contributed by atoms with Gasteiger partial charge >= 0.3 is 0 Å². The molecule has 29 heavy (non-hydrogen) atoms. The Morgan fingerprint density at radius 1 is 1.31 bits per heavy atom. The van der Waals surface area contributed by atoms with Crippen molar-refractivity contribution in [1.29, 1.82) is 0 Å². The van der Waals surface area contributed by atoms with Crippen molar-refractivity contribution >= 4 is 38.3 Å². The van der Waals surface area contributed by atoms with E-state index in [0.29, 0.717) is 24.1 Å². The van der Waals surface area contributed by atoms with Gasteiger partial charge in [0.1, 0.15) is 5.82 Å². The number of benzene rings is 1. The highest BCUT2D eigenvalue weighted by atomic mass is 127. The first-order valence-corrected chi connectivity index (χ1v) is 11.6. The number of aromatic nitrogens is 1. The van der Waals surface area contributed by atoms with E-state index in [4.69, 9.17) is 5.11 Å². The molecule has 1 aromatic carbocycles. The van der Waals surface area contributed by atoms with Crippen LogP contribution in [0.5, 0.6) is 0 Å². The standard InChI is InChI=1S/C19H22FIN2O5S/c1-23-17(8-12-2-3-13(21)9-15(12)20)16(4-5-18(23)26)22-29(27,28)19(6-7-19)10-14(25)11-24/h2-5,9,14,22,24-25H,6-8,10-11H2,1H3/t14-/m0/s1. The van der Waals surface area contributed by atoms with Gasteiger partial charge in [0.05, 0.1) is 23.1 Å². The van der Waals surface area contributed by atoms with Crippen molar-refractivity contribution < 1.29 is 23.0 Å². The third-order valence-corrected chi connectivity index (χ3v) is 8.13. The second kappa shape index (κ2) is 8.32. The van der Waals surface area contributed by atoms with Gasteiger partial charge in [-0.2, -0.15) is 0 Å². The highest BCUT2D eigenvalue weighted by molar-refractivity contribution is 14.1. The molecule has 0 spiro atoms.